The van der Waals surface area contributed by atoms with Crippen LogP contribution in [0.4, 0.5) is 13.2 Å². The highest BCUT2D eigenvalue weighted by Crippen LogP contribution is 2.35. The van der Waals surface area contributed by atoms with Gasteiger partial charge in [-0.1, -0.05) is 41.6 Å². The third-order valence-electron chi connectivity index (χ3n) is 4.65. The molecule has 0 spiro atoms. The number of hydrogen-bond acceptors (Lipinski definition) is 4. The van der Waals surface area contributed by atoms with Gasteiger partial charge in [0.1, 0.15) is 0 Å². The van der Waals surface area contributed by atoms with Gasteiger partial charge in [-0.15, -0.1) is 10.2 Å². The van der Waals surface area contributed by atoms with Crippen LogP contribution in [0.5, 0.6) is 0 Å². The lowest BCUT2D eigenvalue weighted by atomic mass is 10.1. The molecular formula is C20H17ClF3N3OS. The van der Waals surface area contributed by atoms with Crippen LogP contribution >= 0.6 is 23.4 Å². The molecule has 3 aromatic rings. The maximum Gasteiger partial charge on any atom is 0.416 e. The molecule has 0 aliphatic carbocycles. The topological polar surface area (TPSA) is 39.9 Å². The second-order valence-corrected chi connectivity index (χ2v) is 8.10. The molecule has 4 rings (SSSR count). The summed E-state index contributed by atoms with van der Waals surface area (Å²) in [6, 6.07) is 12.2. The molecule has 1 saturated heterocycles. The van der Waals surface area contributed by atoms with Crippen LogP contribution in [0.25, 0.3) is 17.1 Å². The zero-order valence-electron chi connectivity index (χ0n) is 15.2. The highest BCUT2D eigenvalue weighted by molar-refractivity contribution is 7.99. The van der Waals surface area contributed by atoms with E-state index in [2.05, 4.69) is 10.2 Å². The molecule has 0 bridgehead atoms. The van der Waals surface area contributed by atoms with Gasteiger partial charge in [-0.25, -0.2) is 0 Å². The number of nitrogens with zero attached hydrogens (tertiary/aromatic N) is 3. The lowest BCUT2D eigenvalue weighted by molar-refractivity contribution is -0.137. The molecule has 1 aliphatic rings. The number of hydrogen-bond donors (Lipinski definition) is 0. The molecular weight excluding hydrogens is 423 g/mol. The van der Waals surface area contributed by atoms with Gasteiger partial charge in [0.2, 0.25) is 0 Å². The summed E-state index contributed by atoms with van der Waals surface area (Å²) in [6.07, 6.45) is -3.48. The lowest BCUT2D eigenvalue weighted by Crippen LogP contribution is -2.08. The average molecular weight is 440 g/mol. The van der Waals surface area contributed by atoms with E-state index in [1.54, 1.807) is 34.9 Å². The summed E-state index contributed by atoms with van der Waals surface area (Å²) >= 11 is 7.79. The summed E-state index contributed by atoms with van der Waals surface area (Å²) in [7, 11) is 0. The van der Waals surface area contributed by atoms with Gasteiger partial charge in [-0.3, -0.25) is 4.57 Å². The fraction of sp³-hybridized carbons (Fsp3) is 0.300. The number of benzene rings is 2. The van der Waals surface area contributed by atoms with E-state index >= 15 is 0 Å². The summed E-state index contributed by atoms with van der Waals surface area (Å²) in [4.78, 5) is 0. The van der Waals surface area contributed by atoms with E-state index in [9.17, 15) is 13.2 Å². The standard InChI is InChI=1S/C20H17ClF3N3OS/c21-17-7-2-1-6-16(17)18-25-26-19(29-12-13-8-9-28-11-13)27(18)15-5-3-4-14(10-15)20(22,23)24/h1-7,10,13H,8-9,11-12H2. The van der Waals surface area contributed by atoms with Crippen LogP contribution < -0.4 is 0 Å². The summed E-state index contributed by atoms with van der Waals surface area (Å²) in [5.74, 6) is 1.54. The van der Waals surface area contributed by atoms with Crippen molar-refractivity contribution < 1.29 is 17.9 Å². The quantitative estimate of drug-likeness (QED) is 0.475. The Labute approximate surface area is 175 Å². The Bertz CT molecular complexity index is 1000. The molecule has 1 aliphatic heterocycles. The molecule has 1 fully saturated rings. The largest absolute Gasteiger partial charge is 0.416 e. The summed E-state index contributed by atoms with van der Waals surface area (Å²) in [5, 5.41) is 9.49. The number of halogens is 4. The van der Waals surface area contributed by atoms with Crippen molar-refractivity contribution in [2.45, 2.75) is 17.8 Å². The smallest absolute Gasteiger partial charge is 0.381 e. The Kier molecular flexibility index (Phi) is 5.85. The van der Waals surface area contributed by atoms with Gasteiger partial charge in [0.05, 0.1) is 22.9 Å². The normalized spacial score (nSPS) is 17.0. The Hall–Kier alpha value is -2.03. The average Bonchev–Trinajstić information content (AvgIpc) is 3.36. The highest BCUT2D eigenvalue weighted by atomic mass is 35.5. The van der Waals surface area contributed by atoms with Crippen LogP contribution in [0.1, 0.15) is 12.0 Å². The molecule has 1 atom stereocenters. The van der Waals surface area contributed by atoms with Gasteiger partial charge in [-0.2, -0.15) is 13.2 Å². The molecule has 29 heavy (non-hydrogen) atoms. The van der Waals surface area contributed by atoms with Crippen molar-refractivity contribution in [3.05, 3.63) is 59.1 Å². The van der Waals surface area contributed by atoms with Crippen LogP contribution in [0, 0.1) is 5.92 Å². The second kappa shape index (κ2) is 8.38. The van der Waals surface area contributed by atoms with Gasteiger partial charge in [0, 0.05) is 17.9 Å². The van der Waals surface area contributed by atoms with E-state index in [-0.39, 0.29) is 0 Å². The molecule has 1 aromatic heterocycles. The zero-order chi connectivity index (χ0) is 20.4. The minimum Gasteiger partial charge on any atom is -0.381 e. The van der Waals surface area contributed by atoms with Gasteiger partial charge in [-0.05, 0) is 42.7 Å². The Morgan fingerprint density at radius 2 is 1.97 bits per heavy atom. The third-order valence-corrected chi connectivity index (χ3v) is 6.14. The minimum absolute atomic E-state index is 0.338. The Morgan fingerprint density at radius 3 is 2.69 bits per heavy atom. The van der Waals surface area contributed by atoms with E-state index in [0.717, 1.165) is 30.9 Å². The van der Waals surface area contributed by atoms with E-state index in [4.69, 9.17) is 16.3 Å². The summed E-state index contributed by atoms with van der Waals surface area (Å²) in [5.41, 5.74) is 0.217. The first-order valence-electron chi connectivity index (χ1n) is 9.02. The Balaban J connectivity index is 1.78. The zero-order valence-corrected chi connectivity index (χ0v) is 16.8. The van der Waals surface area contributed by atoms with Crippen molar-refractivity contribution in [1.29, 1.82) is 0 Å². The van der Waals surface area contributed by atoms with E-state index in [1.165, 1.54) is 17.8 Å². The van der Waals surface area contributed by atoms with Crippen molar-refractivity contribution in [2.75, 3.05) is 19.0 Å². The van der Waals surface area contributed by atoms with Gasteiger partial charge < -0.3 is 4.74 Å². The van der Waals surface area contributed by atoms with Gasteiger partial charge >= 0.3 is 6.18 Å². The predicted octanol–water partition coefficient (Wildman–Crippen LogP) is 5.74. The third kappa shape index (κ3) is 4.44. The molecule has 9 heteroatoms. The van der Waals surface area contributed by atoms with E-state index < -0.39 is 11.7 Å². The van der Waals surface area contributed by atoms with Crippen molar-refractivity contribution in [3.8, 4) is 17.1 Å². The number of ether oxygens (including phenoxy) is 1. The highest BCUT2D eigenvalue weighted by Gasteiger charge is 2.31. The number of rotatable bonds is 5. The molecule has 0 saturated carbocycles. The van der Waals surface area contributed by atoms with E-state index in [0.29, 0.717) is 39.8 Å². The van der Waals surface area contributed by atoms with Crippen molar-refractivity contribution in [3.63, 3.8) is 0 Å². The monoisotopic (exact) mass is 439 g/mol. The molecule has 2 aromatic carbocycles. The summed E-state index contributed by atoms with van der Waals surface area (Å²) < 4.78 is 46.8. The van der Waals surface area contributed by atoms with Crippen LogP contribution in [-0.2, 0) is 10.9 Å². The first kappa shape index (κ1) is 20.3. The minimum atomic E-state index is -4.44. The number of aromatic nitrogens is 3. The molecule has 0 N–H and O–H groups in total. The molecule has 4 nitrogen and oxygen atoms in total. The SMILES string of the molecule is FC(F)(F)c1cccc(-n2c(SCC3CCOC3)nnc2-c2ccccc2Cl)c1. The molecule has 1 unspecified atom stereocenters. The Morgan fingerprint density at radius 1 is 1.14 bits per heavy atom. The maximum atomic E-state index is 13.3. The molecule has 152 valence electrons. The maximum absolute atomic E-state index is 13.3. The molecule has 2 heterocycles. The van der Waals surface area contributed by atoms with Crippen molar-refractivity contribution >= 4 is 23.4 Å². The van der Waals surface area contributed by atoms with Crippen LogP contribution in [0.3, 0.4) is 0 Å². The van der Waals surface area contributed by atoms with Crippen molar-refractivity contribution in [1.82, 2.24) is 14.8 Å². The summed E-state index contributed by atoms with van der Waals surface area (Å²) in [6.45, 7) is 1.42. The first-order chi connectivity index (χ1) is 13.9. The fourth-order valence-electron chi connectivity index (χ4n) is 3.14. The van der Waals surface area contributed by atoms with Crippen LogP contribution in [0.2, 0.25) is 5.02 Å². The molecule has 0 amide bonds. The fourth-order valence-corrected chi connectivity index (χ4v) is 4.43. The van der Waals surface area contributed by atoms with Gasteiger partial charge in [0.25, 0.3) is 0 Å². The van der Waals surface area contributed by atoms with Crippen LogP contribution in [0.15, 0.2) is 53.7 Å². The van der Waals surface area contributed by atoms with E-state index in [1.807, 2.05) is 0 Å². The number of alkyl halides is 3. The van der Waals surface area contributed by atoms with Crippen LogP contribution in [-0.4, -0.2) is 33.7 Å². The van der Waals surface area contributed by atoms with Crippen molar-refractivity contribution in [2.24, 2.45) is 5.92 Å². The first-order valence-corrected chi connectivity index (χ1v) is 10.4. The second-order valence-electron chi connectivity index (χ2n) is 6.71. The lowest BCUT2D eigenvalue weighted by Gasteiger charge is -2.14. The van der Waals surface area contributed by atoms with Gasteiger partial charge in [0.15, 0.2) is 11.0 Å². The predicted molar refractivity (Wildman–Crippen MR) is 106 cm³/mol. The molecule has 0 radical (unpaired) electrons. The number of thioether (sulfide) groups is 1.